The maximum Gasteiger partial charge on any atom is -0.00117 e. The Balaban J connectivity index is 1.80. The van der Waals surface area contributed by atoms with Gasteiger partial charge in [0.15, 0.2) is 0 Å². The second-order valence-corrected chi connectivity index (χ2v) is 6.16. The Labute approximate surface area is 96.9 Å². The summed E-state index contributed by atoms with van der Waals surface area (Å²) >= 11 is 1.82. The highest BCUT2D eigenvalue weighted by Crippen LogP contribution is 2.53. The number of thiophene rings is 1. The molecule has 0 saturated heterocycles. The lowest BCUT2D eigenvalue weighted by atomic mass is 9.99. The van der Waals surface area contributed by atoms with Gasteiger partial charge >= 0.3 is 0 Å². The molecule has 0 aliphatic heterocycles. The van der Waals surface area contributed by atoms with Gasteiger partial charge in [-0.1, -0.05) is 20.8 Å². The summed E-state index contributed by atoms with van der Waals surface area (Å²) in [5.41, 5.74) is 2.02. The molecule has 1 aliphatic rings. The molecule has 0 amide bonds. The third kappa shape index (κ3) is 2.43. The van der Waals surface area contributed by atoms with Gasteiger partial charge in [0.2, 0.25) is 0 Å². The average Bonchev–Trinajstić information content (AvgIpc) is 2.68. The fraction of sp³-hybridized carbons (Fsp3) is 0.692. The van der Waals surface area contributed by atoms with E-state index < -0.39 is 0 Å². The topological polar surface area (TPSA) is 12.0 Å². The molecule has 1 fully saturated rings. The monoisotopic (exact) mass is 223 g/mol. The molecule has 0 spiro atoms. The first-order valence-corrected chi connectivity index (χ1v) is 6.80. The van der Waals surface area contributed by atoms with Crippen molar-refractivity contribution in [2.24, 2.45) is 11.8 Å². The van der Waals surface area contributed by atoms with Crippen LogP contribution in [0.1, 0.15) is 32.8 Å². The van der Waals surface area contributed by atoms with Gasteiger partial charge in [0.05, 0.1) is 0 Å². The second-order valence-electron chi connectivity index (χ2n) is 5.38. The van der Waals surface area contributed by atoms with Crippen LogP contribution >= 0.6 is 11.3 Å². The van der Waals surface area contributed by atoms with E-state index in [4.69, 9.17) is 0 Å². The maximum absolute atomic E-state index is 3.57. The number of hydrogen-bond donors (Lipinski definition) is 1. The normalized spacial score (nSPS) is 29.7. The predicted octanol–water partition coefficient (Wildman–Crippen LogP) is 3.27. The van der Waals surface area contributed by atoms with E-state index in [2.05, 4.69) is 42.9 Å². The summed E-state index contributed by atoms with van der Waals surface area (Å²) in [6.45, 7) is 9.26. The van der Waals surface area contributed by atoms with Gasteiger partial charge in [-0.05, 0) is 59.2 Å². The quantitative estimate of drug-likeness (QED) is 0.808. The van der Waals surface area contributed by atoms with Crippen molar-refractivity contribution >= 4 is 11.3 Å². The Kier molecular flexibility index (Phi) is 3.17. The SMILES string of the molecule is CC(C)CNCC1CC1(C)c1ccsc1. The summed E-state index contributed by atoms with van der Waals surface area (Å²) in [7, 11) is 0. The first-order chi connectivity index (χ1) is 7.13. The van der Waals surface area contributed by atoms with Crippen LogP contribution in [0.25, 0.3) is 0 Å². The lowest BCUT2D eigenvalue weighted by Gasteiger charge is -2.11. The molecule has 1 aliphatic carbocycles. The molecule has 2 heteroatoms. The third-order valence-corrected chi connectivity index (χ3v) is 4.22. The van der Waals surface area contributed by atoms with Crippen LogP contribution in [-0.4, -0.2) is 13.1 Å². The van der Waals surface area contributed by atoms with E-state index in [-0.39, 0.29) is 0 Å². The highest BCUT2D eigenvalue weighted by Gasteiger charge is 2.50. The first-order valence-electron chi connectivity index (χ1n) is 5.86. The highest BCUT2D eigenvalue weighted by molar-refractivity contribution is 7.08. The summed E-state index contributed by atoms with van der Waals surface area (Å²) < 4.78 is 0. The number of rotatable bonds is 5. The van der Waals surface area contributed by atoms with Crippen molar-refractivity contribution in [1.82, 2.24) is 5.32 Å². The summed E-state index contributed by atoms with van der Waals surface area (Å²) in [4.78, 5) is 0. The first kappa shape index (κ1) is 11.2. The smallest absolute Gasteiger partial charge is 0.00117 e. The minimum absolute atomic E-state index is 0.476. The number of nitrogens with one attached hydrogen (secondary N) is 1. The Morgan fingerprint density at radius 1 is 1.60 bits per heavy atom. The van der Waals surface area contributed by atoms with Gasteiger partial charge in [-0.3, -0.25) is 0 Å². The molecule has 2 unspecified atom stereocenters. The van der Waals surface area contributed by atoms with Crippen LogP contribution in [0.5, 0.6) is 0 Å². The molecule has 0 aromatic carbocycles. The predicted molar refractivity (Wildman–Crippen MR) is 67.5 cm³/mol. The van der Waals surface area contributed by atoms with E-state index in [1.807, 2.05) is 11.3 Å². The van der Waals surface area contributed by atoms with Crippen LogP contribution in [0.4, 0.5) is 0 Å². The van der Waals surface area contributed by atoms with Gasteiger partial charge in [-0.25, -0.2) is 0 Å². The van der Waals surface area contributed by atoms with E-state index in [1.54, 1.807) is 5.56 Å². The van der Waals surface area contributed by atoms with Crippen molar-refractivity contribution in [2.75, 3.05) is 13.1 Å². The van der Waals surface area contributed by atoms with Crippen LogP contribution in [0.3, 0.4) is 0 Å². The summed E-state index contributed by atoms with van der Waals surface area (Å²) in [5, 5.41) is 8.07. The molecule has 84 valence electrons. The van der Waals surface area contributed by atoms with Crippen molar-refractivity contribution in [3.63, 3.8) is 0 Å². The van der Waals surface area contributed by atoms with E-state index in [9.17, 15) is 0 Å². The molecule has 1 saturated carbocycles. The van der Waals surface area contributed by atoms with Gasteiger partial charge in [0.1, 0.15) is 0 Å². The molecule has 0 radical (unpaired) electrons. The highest BCUT2D eigenvalue weighted by atomic mass is 32.1. The van der Waals surface area contributed by atoms with Crippen LogP contribution in [0.15, 0.2) is 16.8 Å². The fourth-order valence-electron chi connectivity index (χ4n) is 2.24. The zero-order chi connectivity index (χ0) is 10.9. The molecular weight excluding hydrogens is 202 g/mol. The van der Waals surface area contributed by atoms with E-state index >= 15 is 0 Å². The van der Waals surface area contributed by atoms with E-state index in [0.717, 1.165) is 18.4 Å². The molecule has 0 bridgehead atoms. The Morgan fingerprint density at radius 2 is 2.40 bits per heavy atom. The summed E-state index contributed by atoms with van der Waals surface area (Å²) in [5.74, 6) is 1.61. The fourth-order valence-corrected chi connectivity index (χ4v) is 3.04. The van der Waals surface area contributed by atoms with Crippen molar-refractivity contribution in [3.05, 3.63) is 22.4 Å². The van der Waals surface area contributed by atoms with Gasteiger partial charge in [0, 0.05) is 0 Å². The Hall–Kier alpha value is -0.340. The zero-order valence-corrected chi connectivity index (χ0v) is 10.7. The van der Waals surface area contributed by atoms with Crippen molar-refractivity contribution < 1.29 is 0 Å². The lowest BCUT2D eigenvalue weighted by molar-refractivity contribution is 0.515. The lowest BCUT2D eigenvalue weighted by Crippen LogP contribution is -2.24. The maximum atomic E-state index is 3.57. The minimum Gasteiger partial charge on any atom is -0.316 e. The molecule has 2 atom stereocenters. The zero-order valence-electron chi connectivity index (χ0n) is 9.92. The molecule has 1 N–H and O–H groups in total. The molecule has 1 aromatic heterocycles. The molecule has 15 heavy (non-hydrogen) atoms. The average molecular weight is 223 g/mol. The van der Waals surface area contributed by atoms with Gasteiger partial charge in [-0.2, -0.15) is 11.3 Å². The molecule has 1 heterocycles. The second kappa shape index (κ2) is 4.26. The Bertz CT molecular complexity index is 304. The van der Waals surface area contributed by atoms with Crippen LogP contribution in [0.2, 0.25) is 0 Å². The third-order valence-electron chi connectivity index (χ3n) is 3.54. The molecule has 1 aromatic rings. The van der Waals surface area contributed by atoms with E-state index in [1.165, 1.54) is 13.0 Å². The van der Waals surface area contributed by atoms with Gasteiger partial charge < -0.3 is 5.32 Å². The minimum atomic E-state index is 0.476. The van der Waals surface area contributed by atoms with Crippen molar-refractivity contribution in [2.45, 2.75) is 32.6 Å². The summed E-state index contributed by atoms with van der Waals surface area (Å²) in [6.07, 6.45) is 1.36. The van der Waals surface area contributed by atoms with Crippen molar-refractivity contribution in [3.8, 4) is 0 Å². The van der Waals surface area contributed by atoms with Crippen LogP contribution < -0.4 is 5.32 Å². The largest absolute Gasteiger partial charge is 0.316 e. The van der Waals surface area contributed by atoms with Gasteiger partial charge in [0.25, 0.3) is 0 Å². The standard InChI is InChI=1S/C13H21NS/c1-10(2)7-14-8-12-6-13(12,3)11-4-5-15-9-11/h4-5,9-10,12,14H,6-8H2,1-3H3. The Morgan fingerprint density at radius 3 is 3.00 bits per heavy atom. The molecule has 1 nitrogen and oxygen atoms in total. The van der Waals surface area contributed by atoms with Gasteiger partial charge in [-0.15, -0.1) is 0 Å². The van der Waals surface area contributed by atoms with E-state index in [0.29, 0.717) is 5.41 Å². The summed E-state index contributed by atoms with van der Waals surface area (Å²) in [6, 6.07) is 2.28. The van der Waals surface area contributed by atoms with Crippen LogP contribution in [0, 0.1) is 11.8 Å². The molecular formula is C13H21NS. The van der Waals surface area contributed by atoms with Crippen molar-refractivity contribution in [1.29, 1.82) is 0 Å². The van der Waals surface area contributed by atoms with Crippen LogP contribution in [-0.2, 0) is 5.41 Å². The number of hydrogen-bond acceptors (Lipinski definition) is 2. The molecule has 2 rings (SSSR count).